The fourth-order valence-corrected chi connectivity index (χ4v) is 3.10. The Kier molecular flexibility index (Phi) is 3.87. The number of nitrogens with one attached hydrogen (secondary N) is 1. The smallest absolute Gasteiger partial charge is 0.264 e. The molecule has 1 heterocycles. The lowest BCUT2D eigenvalue weighted by Crippen LogP contribution is -2.14. The zero-order chi connectivity index (χ0) is 14.9. The Morgan fingerprint density at radius 3 is 2.50 bits per heavy atom. The summed E-state index contributed by atoms with van der Waals surface area (Å²) in [7, 11) is -4.02. The van der Waals surface area contributed by atoms with Crippen LogP contribution in [0.5, 0.6) is 0 Å². The van der Waals surface area contributed by atoms with Crippen LogP contribution in [0.25, 0.3) is 0 Å². The highest BCUT2D eigenvalue weighted by molar-refractivity contribution is 7.90. The van der Waals surface area contributed by atoms with Crippen molar-refractivity contribution in [3.8, 4) is 0 Å². The SMILES string of the molecule is O=c1ccc(S(=O)(=O)Cc2c(F)cc(F)cc2Cl)n[nH]1. The van der Waals surface area contributed by atoms with Crippen molar-refractivity contribution in [2.75, 3.05) is 0 Å². The summed E-state index contributed by atoms with van der Waals surface area (Å²) in [6.07, 6.45) is 0. The van der Waals surface area contributed by atoms with Crippen molar-refractivity contribution in [3.05, 3.63) is 56.8 Å². The van der Waals surface area contributed by atoms with E-state index in [0.29, 0.717) is 6.07 Å². The van der Waals surface area contributed by atoms with Crippen molar-refractivity contribution in [2.24, 2.45) is 0 Å². The maximum Gasteiger partial charge on any atom is 0.264 e. The third-order valence-corrected chi connectivity index (χ3v) is 4.28. The van der Waals surface area contributed by atoms with Crippen molar-refractivity contribution in [1.82, 2.24) is 10.2 Å². The molecule has 0 atom stereocenters. The lowest BCUT2D eigenvalue weighted by molar-refractivity contribution is 0.567. The van der Waals surface area contributed by atoms with Crippen molar-refractivity contribution >= 4 is 21.4 Å². The first-order valence-corrected chi connectivity index (χ1v) is 7.24. The van der Waals surface area contributed by atoms with Gasteiger partial charge in [-0.3, -0.25) is 4.79 Å². The molecule has 106 valence electrons. The summed E-state index contributed by atoms with van der Waals surface area (Å²) in [6.45, 7) is 0. The van der Waals surface area contributed by atoms with E-state index in [1.807, 2.05) is 5.10 Å². The number of sulfone groups is 1. The van der Waals surface area contributed by atoms with E-state index in [-0.39, 0.29) is 10.6 Å². The molecular formula is C11H7ClF2N2O3S. The Morgan fingerprint density at radius 1 is 1.25 bits per heavy atom. The van der Waals surface area contributed by atoms with E-state index in [9.17, 15) is 22.0 Å². The summed E-state index contributed by atoms with van der Waals surface area (Å²) in [5.41, 5.74) is -0.934. The van der Waals surface area contributed by atoms with Gasteiger partial charge in [-0.05, 0) is 12.1 Å². The van der Waals surface area contributed by atoms with Gasteiger partial charge >= 0.3 is 0 Å². The molecule has 2 rings (SSSR count). The van der Waals surface area contributed by atoms with Gasteiger partial charge in [0.25, 0.3) is 5.56 Å². The molecule has 1 N–H and O–H groups in total. The van der Waals surface area contributed by atoms with Crippen LogP contribution in [0.1, 0.15) is 5.56 Å². The monoisotopic (exact) mass is 320 g/mol. The van der Waals surface area contributed by atoms with E-state index < -0.39 is 37.8 Å². The molecule has 0 saturated heterocycles. The molecule has 0 fully saturated rings. The van der Waals surface area contributed by atoms with Crippen molar-refractivity contribution < 1.29 is 17.2 Å². The quantitative estimate of drug-likeness (QED) is 0.933. The summed E-state index contributed by atoms with van der Waals surface area (Å²) in [5, 5.41) is 4.55. The van der Waals surface area contributed by atoms with Crippen molar-refractivity contribution in [3.63, 3.8) is 0 Å². The van der Waals surface area contributed by atoms with Gasteiger partial charge in [-0.2, -0.15) is 5.10 Å². The molecule has 0 radical (unpaired) electrons. The van der Waals surface area contributed by atoms with E-state index in [1.165, 1.54) is 0 Å². The van der Waals surface area contributed by atoms with Crippen LogP contribution in [0.4, 0.5) is 8.78 Å². The molecule has 20 heavy (non-hydrogen) atoms. The molecule has 0 amide bonds. The molecule has 0 unspecified atom stereocenters. The van der Waals surface area contributed by atoms with E-state index in [0.717, 1.165) is 18.2 Å². The molecule has 1 aromatic heterocycles. The number of H-pyrrole nitrogens is 1. The fraction of sp³-hybridized carbons (Fsp3) is 0.0909. The molecule has 0 saturated carbocycles. The molecule has 0 aliphatic carbocycles. The molecule has 1 aromatic carbocycles. The normalized spacial score (nSPS) is 11.6. The number of hydrogen-bond donors (Lipinski definition) is 1. The Bertz CT molecular complexity index is 777. The van der Waals surface area contributed by atoms with Gasteiger partial charge in [-0.25, -0.2) is 22.3 Å². The summed E-state index contributed by atoms with van der Waals surface area (Å²) in [5.74, 6) is -2.77. The summed E-state index contributed by atoms with van der Waals surface area (Å²) >= 11 is 5.63. The number of nitrogens with zero attached hydrogens (tertiary/aromatic N) is 1. The van der Waals surface area contributed by atoms with E-state index in [4.69, 9.17) is 11.6 Å². The Morgan fingerprint density at radius 2 is 1.95 bits per heavy atom. The van der Waals surface area contributed by atoms with Crippen LogP contribution in [0, 0.1) is 11.6 Å². The van der Waals surface area contributed by atoms with Gasteiger partial charge in [0.05, 0.1) is 10.8 Å². The highest BCUT2D eigenvalue weighted by Crippen LogP contribution is 2.25. The molecule has 5 nitrogen and oxygen atoms in total. The van der Waals surface area contributed by atoms with Crippen LogP contribution in [-0.4, -0.2) is 18.6 Å². The lowest BCUT2D eigenvalue weighted by atomic mass is 10.2. The molecule has 0 aliphatic heterocycles. The van der Waals surface area contributed by atoms with Crippen LogP contribution in [0.15, 0.2) is 34.1 Å². The van der Waals surface area contributed by atoms with E-state index in [1.54, 1.807) is 0 Å². The van der Waals surface area contributed by atoms with Gasteiger partial charge in [-0.15, -0.1) is 0 Å². The second-order valence-corrected chi connectivity index (χ2v) is 6.21. The summed E-state index contributed by atoms with van der Waals surface area (Å²) in [4.78, 5) is 10.8. The predicted molar refractivity (Wildman–Crippen MR) is 67.1 cm³/mol. The average Bonchev–Trinajstić information content (AvgIpc) is 2.34. The van der Waals surface area contributed by atoms with Gasteiger partial charge in [0, 0.05) is 17.7 Å². The zero-order valence-corrected chi connectivity index (χ0v) is 11.3. The van der Waals surface area contributed by atoms with E-state index >= 15 is 0 Å². The minimum Gasteiger partial charge on any atom is -0.268 e. The first-order chi connectivity index (χ1) is 9.29. The Labute approximate surface area is 117 Å². The number of aromatic amines is 1. The number of aromatic nitrogens is 2. The topological polar surface area (TPSA) is 79.9 Å². The van der Waals surface area contributed by atoms with Gasteiger partial charge in [-0.1, -0.05) is 11.6 Å². The molecule has 9 heteroatoms. The number of benzene rings is 1. The van der Waals surface area contributed by atoms with Crippen LogP contribution in [0.3, 0.4) is 0 Å². The van der Waals surface area contributed by atoms with Crippen LogP contribution in [-0.2, 0) is 15.6 Å². The first-order valence-electron chi connectivity index (χ1n) is 5.21. The van der Waals surface area contributed by atoms with Crippen LogP contribution < -0.4 is 5.56 Å². The molecular weight excluding hydrogens is 314 g/mol. The molecule has 0 bridgehead atoms. The van der Waals surface area contributed by atoms with Gasteiger partial charge in [0.15, 0.2) is 5.03 Å². The molecule has 0 spiro atoms. The Hall–Kier alpha value is -1.80. The van der Waals surface area contributed by atoms with Crippen LogP contribution in [0.2, 0.25) is 5.02 Å². The third-order valence-electron chi connectivity index (χ3n) is 2.41. The third kappa shape index (κ3) is 3.02. The Balaban J connectivity index is 2.43. The fourth-order valence-electron chi connectivity index (χ4n) is 1.48. The van der Waals surface area contributed by atoms with E-state index in [2.05, 4.69) is 5.10 Å². The van der Waals surface area contributed by atoms with Gasteiger partial charge < -0.3 is 0 Å². The maximum atomic E-state index is 13.6. The minimum absolute atomic E-state index is 0.338. The van der Waals surface area contributed by atoms with Crippen molar-refractivity contribution in [2.45, 2.75) is 10.8 Å². The molecule has 0 aliphatic rings. The number of hydrogen-bond acceptors (Lipinski definition) is 4. The summed E-state index contributed by atoms with van der Waals surface area (Å²) < 4.78 is 50.4. The van der Waals surface area contributed by atoms with Gasteiger partial charge in [0.1, 0.15) is 11.6 Å². The number of halogens is 3. The first kappa shape index (κ1) is 14.6. The van der Waals surface area contributed by atoms with Crippen molar-refractivity contribution in [1.29, 1.82) is 0 Å². The standard InChI is InChI=1S/C11H7ClF2N2O3S/c12-8-3-6(13)4-9(14)7(8)5-20(18,19)11-2-1-10(17)15-16-11/h1-4H,5H2,(H,15,17). The lowest BCUT2D eigenvalue weighted by Gasteiger charge is -2.07. The average molecular weight is 321 g/mol. The largest absolute Gasteiger partial charge is 0.268 e. The number of rotatable bonds is 3. The maximum absolute atomic E-state index is 13.6. The summed E-state index contributed by atoms with van der Waals surface area (Å²) in [6, 6.07) is 3.32. The highest BCUT2D eigenvalue weighted by Gasteiger charge is 2.22. The van der Waals surface area contributed by atoms with Gasteiger partial charge in [0.2, 0.25) is 9.84 Å². The minimum atomic E-state index is -4.02. The zero-order valence-electron chi connectivity index (χ0n) is 9.73. The van der Waals surface area contributed by atoms with Crippen LogP contribution >= 0.6 is 11.6 Å². The second kappa shape index (κ2) is 5.29. The predicted octanol–water partition coefficient (Wildman–Crippen LogP) is 1.68. The highest BCUT2D eigenvalue weighted by atomic mass is 35.5. The molecule has 2 aromatic rings. The second-order valence-electron chi connectivity index (χ2n) is 3.87.